The van der Waals surface area contributed by atoms with E-state index in [4.69, 9.17) is 26.2 Å². The normalized spacial score (nSPS) is 34.5. The number of imide groups is 1. The van der Waals surface area contributed by atoms with Crippen molar-refractivity contribution in [2.75, 3.05) is 25.6 Å². The lowest BCUT2D eigenvalue weighted by Gasteiger charge is -2.35. The Hall–Kier alpha value is -0.960. The molecule has 20 heavy (non-hydrogen) atoms. The first-order chi connectivity index (χ1) is 9.56. The second kappa shape index (κ2) is 6.66. The molecule has 2 aliphatic rings. The Kier molecular flexibility index (Phi) is 5.14. The maximum Gasteiger partial charge on any atom is 0.326 e. The Morgan fingerprint density at radius 2 is 2.30 bits per heavy atom. The van der Waals surface area contributed by atoms with Gasteiger partial charge in [0.15, 0.2) is 6.10 Å². The van der Waals surface area contributed by atoms with Crippen LogP contribution in [-0.4, -0.2) is 72.2 Å². The van der Waals surface area contributed by atoms with E-state index < -0.39 is 43.2 Å². The fourth-order valence-electron chi connectivity index (χ4n) is 2.21. The van der Waals surface area contributed by atoms with Crippen LogP contribution in [0.2, 0.25) is 0 Å². The standard InChI is InChI=1S/C11H16ClFN2O5/c12-1-2-19-7-4-15(11(18)14-10(7)17)9-3-6(13)8(5-16)20-9/h6-9,16H,1-5H2,(H,14,17,18)/t6?,7?,8-,9-/m0/s1. The Morgan fingerprint density at radius 3 is 2.90 bits per heavy atom. The predicted molar refractivity (Wildman–Crippen MR) is 66.0 cm³/mol. The molecule has 2 rings (SSSR count). The van der Waals surface area contributed by atoms with Gasteiger partial charge in [0.25, 0.3) is 5.91 Å². The zero-order valence-corrected chi connectivity index (χ0v) is 11.4. The van der Waals surface area contributed by atoms with Crippen LogP contribution in [0.3, 0.4) is 0 Å². The fraction of sp³-hybridized carbons (Fsp3) is 0.818. The lowest BCUT2D eigenvalue weighted by Crippen LogP contribution is -2.60. The molecule has 0 aromatic rings. The number of hydrogen-bond donors (Lipinski definition) is 2. The van der Waals surface area contributed by atoms with Gasteiger partial charge in [0, 0.05) is 12.3 Å². The minimum absolute atomic E-state index is 0.0307. The van der Waals surface area contributed by atoms with Crippen LogP contribution < -0.4 is 5.32 Å². The number of aliphatic hydroxyl groups excluding tert-OH is 1. The van der Waals surface area contributed by atoms with E-state index in [0.29, 0.717) is 0 Å². The molecule has 4 atom stereocenters. The van der Waals surface area contributed by atoms with Gasteiger partial charge in [0.1, 0.15) is 18.5 Å². The highest BCUT2D eigenvalue weighted by atomic mass is 35.5. The van der Waals surface area contributed by atoms with Crippen LogP contribution >= 0.6 is 11.6 Å². The van der Waals surface area contributed by atoms with Gasteiger partial charge in [-0.25, -0.2) is 9.18 Å². The number of nitrogens with zero attached hydrogens (tertiary/aromatic N) is 1. The SMILES string of the molecule is O=C1NC(=O)N([C@@H]2CC(F)[C@H](CO)O2)CC1OCCCl. The van der Waals surface area contributed by atoms with Crippen molar-refractivity contribution in [3.05, 3.63) is 0 Å². The van der Waals surface area contributed by atoms with Gasteiger partial charge in [-0.3, -0.25) is 15.0 Å². The first kappa shape index (κ1) is 15.4. The second-order valence-electron chi connectivity index (χ2n) is 4.56. The molecule has 2 saturated heterocycles. The number of urea groups is 1. The first-order valence-electron chi connectivity index (χ1n) is 6.26. The van der Waals surface area contributed by atoms with Crippen LogP contribution in [-0.2, 0) is 14.3 Å². The highest BCUT2D eigenvalue weighted by Crippen LogP contribution is 2.27. The zero-order chi connectivity index (χ0) is 14.7. The molecule has 0 radical (unpaired) electrons. The molecule has 0 bridgehead atoms. The molecule has 2 aliphatic heterocycles. The number of alkyl halides is 2. The fourth-order valence-corrected chi connectivity index (χ4v) is 2.30. The molecule has 0 aromatic heterocycles. The molecule has 114 valence electrons. The zero-order valence-electron chi connectivity index (χ0n) is 10.6. The van der Waals surface area contributed by atoms with E-state index in [9.17, 15) is 14.0 Å². The van der Waals surface area contributed by atoms with E-state index in [0.717, 1.165) is 0 Å². The molecule has 2 fully saturated rings. The number of amides is 3. The van der Waals surface area contributed by atoms with Gasteiger partial charge >= 0.3 is 6.03 Å². The van der Waals surface area contributed by atoms with E-state index in [-0.39, 0.29) is 25.5 Å². The van der Waals surface area contributed by atoms with Crippen LogP contribution in [0.1, 0.15) is 6.42 Å². The van der Waals surface area contributed by atoms with Crippen molar-refractivity contribution in [3.63, 3.8) is 0 Å². The van der Waals surface area contributed by atoms with E-state index >= 15 is 0 Å². The molecule has 9 heteroatoms. The molecular formula is C11H16ClFN2O5. The summed E-state index contributed by atoms with van der Waals surface area (Å²) in [4.78, 5) is 24.5. The van der Waals surface area contributed by atoms with Crippen LogP contribution in [0, 0.1) is 0 Å². The molecule has 0 aromatic carbocycles. The molecule has 0 spiro atoms. The van der Waals surface area contributed by atoms with Gasteiger partial charge in [0.05, 0.1) is 19.8 Å². The maximum atomic E-state index is 13.5. The molecule has 3 amide bonds. The summed E-state index contributed by atoms with van der Waals surface area (Å²) >= 11 is 5.48. The van der Waals surface area contributed by atoms with Crippen LogP contribution in [0.4, 0.5) is 9.18 Å². The summed E-state index contributed by atoms with van der Waals surface area (Å²) in [6, 6.07) is -0.656. The number of rotatable bonds is 5. The number of carbonyl (C=O) groups is 2. The summed E-state index contributed by atoms with van der Waals surface area (Å²) in [5.41, 5.74) is 0. The molecule has 7 nitrogen and oxygen atoms in total. The van der Waals surface area contributed by atoms with Gasteiger partial charge < -0.3 is 14.6 Å². The van der Waals surface area contributed by atoms with Crippen LogP contribution in [0.25, 0.3) is 0 Å². The number of hydrogen-bond acceptors (Lipinski definition) is 5. The predicted octanol–water partition coefficient (Wildman–Crippen LogP) is -0.392. The summed E-state index contributed by atoms with van der Waals surface area (Å²) in [6.45, 7) is -0.326. The number of aliphatic hydroxyl groups is 1. The number of carbonyl (C=O) groups excluding carboxylic acids is 2. The third kappa shape index (κ3) is 3.20. The van der Waals surface area contributed by atoms with Crippen LogP contribution in [0.15, 0.2) is 0 Å². The molecular weight excluding hydrogens is 295 g/mol. The Balaban J connectivity index is 2.00. The van der Waals surface area contributed by atoms with Crippen LogP contribution in [0.5, 0.6) is 0 Å². The summed E-state index contributed by atoms with van der Waals surface area (Å²) < 4.78 is 24.0. The van der Waals surface area contributed by atoms with Crippen molar-refractivity contribution >= 4 is 23.5 Å². The summed E-state index contributed by atoms with van der Waals surface area (Å²) in [6.07, 6.45) is -4.03. The van der Waals surface area contributed by atoms with Gasteiger partial charge in [-0.1, -0.05) is 0 Å². The molecule has 0 aliphatic carbocycles. The third-order valence-corrected chi connectivity index (χ3v) is 3.39. The molecule has 0 saturated carbocycles. The molecule has 2 N–H and O–H groups in total. The Bertz CT molecular complexity index is 386. The maximum absolute atomic E-state index is 13.5. The average Bonchev–Trinajstić information content (AvgIpc) is 2.79. The quantitative estimate of drug-likeness (QED) is 0.675. The van der Waals surface area contributed by atoms with Gasteiger partial charge in [-0.15, -0.1) is 11.6 Å². The minimum atomic E-state index is -1.35. The van der Waals surface area contributed by atoms with Gasteiger partial charge in [-0.05, 0) is 0 Å². The summed E-state index contributed by atoms with van der Waals surface area (Å²) in [5, 5.41) is 11.1. The number of ether oxygens (including phenoxy) is 2. The highest BCUT2D eigenvalue weighted by molar-refractivity contribution is 6.18. The monoisotopic (exact) mass is 310 g/mol. The Labute approximate surface area is 119 Å². The lowest BCUT2D eigenvalue weighted by atomic mass is 10.2. The lowest BCUT2D eigenvalue weighted by molar-refractivity contribution is -0.139. The average molecular weight is 311 g/mol. The van der Waals surface area contributed by atoms with Crippen molar-refractivity contribution in [2.24, 2.45) is 0 Å². The summed E-state index contributed by atoms with van der Waals surface area (Å²) in [7, 11) is 0. The van der Waals surface area contributed by atoms with Gasteiger partial charge in [-0.2, -0.15) is 0 Å². The minimum Gasteiger partial charge on any atom is -0.394 e. The van der Waals surface area contributed by atoms with E-state index in [2.05, 4.69) is 5.32 Å². The van der Waals surface area contributed by atoms with Crippen molar-refractivity contribution in [1.82, 2.24) is 10.2 Å². The second-order valence-corrected chi connectivity index (χ2v) is 4.94. The van der Waals surface area contributed by atoms with Gasteiger partial charge in [0.2, 0.25) is 0 Å². The topological polar surface area (TPSA) is 88.1 Å². The third-order valence-electron chi connectivity index (χ3n) is 3.23. The van der Waals surface area contributed by atoms with Crippen molar-refractivity contribution < 1.29 is 28.6 Å². The van der Waals surface area contributed by atoms with E-state index in [1.165, 1.54) is 4.90 Å². The number of halogens is 2. The first-order valence-corrected chi connectivity index (χ1v) is 6.79. The van der Waals surface area contributed by atoms with E-state index in [1.54, 1.807) is 0 Å². The highest BCUT2D eigenvalue weighted by Gasteiger charge is 2.43. The van der Waals surface area contributed by atoms with E-state index in [1.807, 2.05) is 0 Å². The molecule has 2 heterocycles. The smallest absolute Gasteiger partial charge is 0.326 e. The number of nitrogens with one attached hydrogen (secondary N) is 1. The van der Waals surface area contributed by atoms with Crippen molar-refractivity contribution in [1.29, 1.82) is 0 Å². The van der Waals surface area contributed by atoms with Crippen molar-refractivity contribution in [2.45, 2.75) is 31.0 Å². The summed E-state index contributed by atoms with van der Waals surface area (Å²) in [5.74, 6) is -0.332. The molecule has 2 unspecified atom stereocenters. The van der Waals surface area contributed by atoms with Crippen molar-refractivity contribution in [3.8, 4) is 0 Å². The largest absolute Gasteiger partial charge is 0.394 e. The Morgan fingerprint density at radius 1 is 1.55 bits per heavy atom.